The van der Waals surface area contributed by atoms with E-state index in [1.165, 1.54) is 24.9 Å². The van der Waals surface area contributed by atoms with Crippen molar-refractivity contribution < 1.29 is 0 Å². The van der Waals surface area contributed by atoms with Gasteiger partial charge in [0.25, 0.3) is 0 Å². The average molecular weight is 402 g/mol. The van der Waals surface area contributed by atoms with Crippen molar-refractivity contribution in [3.05, 3.63) is 41.1 Å². The van der Waals surface area contributed by atoms with Crippen molar-refractivity contribution in [2.75, 3.05) is 47.8 Å². The van der Waals surface area contributed by atoms with Crippen LogP contribution in [0.1, 0.15) is 19.3 Å². The molecular formula is C19H24BrN5. The van der Waals surface area contributed by atoms with Gasteiger partial charge in [0.1, 0.15) is 18.0 Å². The zero-order valence-corrected chi connectivity index (χ0v) is 16.0. The molecule has 3 heterocycles. The van der Waals surface area contributed by atoms with Gasteiger partial charge in [-0.05, 0) is 49.4 Å². The number of rotatable bonds is 5. The minimum absolute atomic E-state index is 0.647. The van der Waals surface area contributed by atoms with Crippen molar-refractivity contribution in [2.24, 2.45) is 5.92 Å². The standard InChI is InChI=1S/C19H24BrN5/c20-16-3-5-17(6-4-16)25-10-7-15(13-25)12-21-18-11-19(23-14-22-18)24-8-1-2-9-24/h3-6,11,14-15H,1-2,7-10,12-13H2,(H,21,22,23). The topological polar surface area (TPSA) is 44.3 Å². The van der Waals surface area contributed by atoms with Gasteiger partial charge in [-0.15, -0.1) is 0 Å². The fourth-order valence-electron chi connectivity index (χ4n) is 3.70. The van der Waals surface area contributed by atoms with E-state index in [4.69, 9.17) is 0 Å². The van der Waals surface area contributed by atoms with E-state index in [1.54, 1.807) is 6.33 Å². The fourth-order valence-corrected chi connectivity index (χ4v) is 3.96. The quantitative estimate of drug-likeness (QED) is 0.825. The second-order valence-corrected chi connectivity index (χ2v) is 7.83. The highest BCUT2D eigenvalue weighted by molar-refractivity contribution is 9.10. The molecule has 1 aromatic carbocycles. The summed E-state index contributed by atoms with van der Waals surface area (Å²) in [5, 5.41) is 3.52. The Bertz CT molecular complexity index is 699. The SMILES string of the molecule is Brc1ccc(N2CCC(CNc3cc(N4CCCC4)ncn3)C2)cc1. The number of aromatic nitrogens is 2. The first-order valence-electron chi connectivity index (χ1n) is 9.09. The Labute approximate surface area is 157 Å². The van der Waals surface area contributed by atoms with Crippen molar-refractivity contribution >= 4 is 33.3 Å². The van der Waals surface area contributed by atoms with Gasteiger partial charge in [-0.2, -0.15) is 0 Å². The fraction of sp³-hybridized carbons (Fsp3) is 0.474. The van der Waals surface area contributed by atoms with E-state index >= 15 is 0 Å². The molecule has 2 saturated heterocycles. The monoisotopic (exact) mass is 401 g/mol. The minimum Gasteiger partial charge on any atom is -0.371 e. The number of nitrogens with zero attached hydrogens (tertiary/aromatic N) is 4. The lowest BCUT2D eigenvalue weighted by Crippen LogP contribution is -2.23. The number of hydrogen-bond donors (Lipinski definition) is 1. The van der Waals surface area contributed by atoms with Gasteiger partial charge in [-0.25, -0.2) is 9.97 Å². The summed E-state index contributed by atoms with van der Waals surface area (Å²) in [6.07, 6.45) is 5.42. The first-order valence-corrected chi connectivity index (χ1v) is 9.88. The van der Waals surface area contributed by atoms with Crippen LogP contribution in [0.15, 0.2) is 41.1 Å². The molecule has 2 aliphatic rings. The Balaban J connectivity index is 1.31. The van der Waals surface area contributed by atoms with Gasteiger partial charge in [0.15, 0.2) is 0 Å². The third-order valence-electron chi connectivity index (χ3n) is 5.13. The van der Waals surface area contributed by atoms with Crippen LogP contribution in [0.5, 0.6) is 0 Å². The van der Waals surface area contributed by atoms with Crippen LogP contribution >= 0.6 is 15.9 Å². The van der Waals surface area contributed by atoms with E-state index in [1.807, 2.05) is 0 Å². The van der Waals surface area contributed by atoms with Crippen LogP contribution in [0.3, 0.4) is 0 Å². The van der Waals surface area contributed by atoms with Gasteiger partial charge in [-0.3, -0.25) is 0 Å². The third kappa shape index (κ3) is 4.06. The van der Waals surface area contributed by atoms with Crippen LogP contribution < -0.4 is 15.1 Å². The van der Waals surface area contributed by atoms with E-state index in [-0.39, 0.29) is 0 Å². The number of benzene rings is 1. The second kappa shape index (κ2) is 7.60. The summed E-state index contributed by atoms with van der Waals surface area (Å²) < 4.78 is 1.13. The van der Waals surface area contributed by atoms with Crippen molar-refractivity contribution in [1.82, 2.24) is 9.97 Å². The molecule has 0 amide bonds. The zero-order valence-electron chi connectivity index (χ0n) is 14.4. The average Bonchev–Trinajstić information content (AvgIpc) is 3.33. The molecule has 4 rings (SSSR count). The summed E-state index contributed by atoms with van der Waals surface area (Å²) in [4.78, 5) is 13.6. The molecule has 0 radical (unpaired) electrons. The molecule has 2 fully saturated rings. The summed E-state index contributed by atoms with van der Waals surface area (Å²) in [7, 11) is 0. The predicted molar refractivity (Wildman–Crippen MR) is 106 cm³/mol. The Morgan fingerprint density at radius 2 is 1.84 bits per heavy atom. The highest BCUT2D eigenvalue weighted by Crippen LogP contribution is 2.26. The van der Waals surface area contributed by atoms with Crippen molar-refractivity contribution in [2.45, 2.75) is 19.3 Å². The maximum atomic E-state index is 4.42. The minimum atomic E-state index is 0.647. The summed E-state index contributed by atoms with van der Waals surface area (Å²) in [5.41, 5.74) is 1.31. The lowest BCUT2D eigenvalue weighted by atomic mass is 10.1. The van der Waals surface area contributed by atoms with E-state index in [0.29, 0.717) is 5.92 Å². The van der Waals surface area contributed by atoms with Gasteiger partial charge >= 0.3 is 0 Å². The van der Waals surface area contributed by atoms with Gasteiger partial charge in [0.2, 0.25) is 0 Å². The van der Waals surface area contributed by atoms with Crippen LogP contribution in [0.2, 0.25) is 0 Å². The summed E-state index contributed by atoms with van der Waals surface area (Å²) >= 11 is 3.50. The van der Waals surface area contributed by atoms with E-state index in [2.05, 4.69) is 71.3 Å². The van der Waals surface area contributed by atoms with Crippen molar-refractivity contribution in [3.63, 3.8) is 0 Å². The number of anilines is 3. The molecule has 0 spiro atoms. The van der Waals surface area contributed by atoms with E-state index in [9.17, 15) is 0 Å². The Morgan fingerprint density at radius 1 is 1.04 bits per heavy atom. The van der Waals surface area contributed by atoms with Gasteiger partial charge in [0.05, 0.1) is 0 Å². The zero-order chi connectivity index (χ0) is 17.1. The third-order valence-corrected chi connectivity index (χ3v) is 5.66. The lowest BCUT2D eigenvalue weighted by molar-refractivity contribution is 0.621. The molecule has 0 aliphatic carbocycles. The van der Waals surface area contributed by atoms with Crippen molar-refractivity contribution in [3.8, 4) is 0 Å². The van der Waals surface area contributed by atoms with Crippen molar-refractivity contribution in [1.29, 1.82) is 0 Å². The number of halogens is 1. The molecule has 0 saturated carbocycles. The van der Waals surface area contributed by atoms with Gasteiger partial charge in [0, 0.05) is 49.0 Å². The molecule has 1 aromatic heterocycles. The van der Waals surface area contributed by atoms with Crippen LogP contribution in [-0.4, -0.2) is 42.7 Å². The van der Waals surface area contributed by atoms with Gasteiger partial charge < -0.3 is 15.1 Å². The summed E-state index contributed by atoms with van der Waals surface area (Å²) in [5.74, 6) is 2.64. The maximum Gasteiger partial charge on any atom is 0.134 e. The highest BCUT2D eigenvalue weighted by atomic mass is 79.9. The molecule has 1 unspecified atom stereocenters. The molecule has 1 atom stereocenters. The smallest absolute Gasteiger partial charge is 0.134 e. The molecule has 6 heteroatoms. The summed E-state index contributed by atoms with van der Waals surface area (Å²) in [6, 6.07) is 10.7. The Morgan fingerprint density at radius 3 is 2.64 bits per heavy atom. The molecular weight excluding hydrogens is 378 g/mol. The second-order valence-electron chi connectivity index (χ2n) is 6.91. The molecule has 132 valence electrons. The molecule has 2 aliphatic heterocycles. The molecule has 0 bridgehead atoms. The maximum absolute atomic E-state index is 4.42. The lowest BCUT2D eigenvalue weighted by Gasteiger charge is -2.19. The first-order chi connectivity index (χ1) is 12.3. The Kier molecular flexibility index (Phi) is 5.06. The first kappa shape index (κ1) is 16.6. The van der Waals surface area contributed by atoms with Crippen LogP contribution in [0.4, 0.5) is 17.3 Å². The van der Waals surface area contributed by atoms with E-state index in [0.717, 1.165) is 48.8 Å². The number of hydrogen-bond acceptors (Lipinski definition) is 5. The molecule has 2 aromatic rings. The normalized spacial score (nSPS) is 20.3. The van der Waals surface area contributed by atoms with Crippen LogP contribution in [0.25, 0.3) is 0 Å². The largest absolute Gasteiger partial charge is 0.371 e. The van der Waals surface area contributed by atoms with Crippen LogP contribution in [0, 0.1) is 5.92 Å². The van der Waals surface area contributed by atoms with Crippen LogP contribution in [-0.2, 0) is 0 Å². The molecule has 1 N–H and O–H groups in total. The predicted octanol–water partition coefficient (Wildman–Crippen LogP) is 3.78. The number of nitrogens with one attached hydrogen (secondary N) is 1. The molecule has 25 heavy (non-hydrogen) atoms. The highest BCUT2D eigenvalue weighted by Gasteiger charge is 2.22. The Hall–Kier alpha value is -1.82. The van der Waals surface area contributed by atoms with Gasteiger partial charge in [-0.1, -0.05) is 15.9 Å². The van der Waals surface area contributed by atoms with E-state index < -0.39 is 0 Å². The summed E-state index contributed by atoms with van der Waals surface area (Å²) in [6.45, 7) is 5.40. The molecule has 5 nitrogen and oxygen atoms in total.